The van der Waals surface area contributed by atoms with Gasteiger partial charge in [0, 0.05) is 19.2 Å². The Hall–Kier alpha value is -1.85. The van der Waals surface area contributed by atoms with Crippen LogP contribution >= 0.6 is 0 Å². The van der Waals surface area contributed by atoms with Crippen LogP contribution in [0.15, 0.2) is 10.9 Å². The number of aryl methyl sites for hydroxylation is 1. The Labute approximate surface area is 111 Å². The molecule has 1 unspecified atom stereocenters. The molecule has 0 aromatic carbocycles. The quantitative estimate of drug-likeness (QED) is 0.853. The topological polar surface area (TPSA) is 86.3 Å². The van der Waals surface area contributed by atoms with Gasteiger partial charge in [0.2, 0.25) is 0 Å². The van der Waals surface area contributed by atoms with Crippen molar-refractivity contribution in [1.29, 1.82) is 0 Å². The fourth-order valence-corrected chi connectivity index (χ4v) is 2.76. The van der Waals surface area contributed by atoms with E-state index in [9.17, 15) is 14.7 Å². The number of aromatic amines is 1. The molecule has 1 fully saturated rings. The Kier molecular flexibility index (Phi) is 3.59. The lowest BCUT2D eigenvalue weighted by atomic mass is 9.83. The summed E-state index contributed by atoms with van der Waals surface area (Å²) < 4.78 is 0. The Morgan fingerprint density at radius 3 is 2.95 bits per heavy atom. The summed E-state index contributed by atoms with van der Waals surface area (Å²) in [6, 6.07) is 1.43. The zero-order valence-electron chi connectivity index (χ0n) is 11.3. The van der Waals surface area contributed by atoms with Crippen LogP contribution in [0.3, 0.4) is 0 Å². The van der Waals surface area contributed by atoms with E-state index < -0.39 is 11.4 Å². The van der Waals surface area contributed by atoms with E-state index in [1.54, 1.807) is 6.92 Å². The van der Waals surface area contributed by atoms with Crippen molar-refractivity contribution in [2.24, 2.45) is 5.41 Å². The molecule has 1 aliphatic rings. The van der Waals surface area contributed by atoms with Gasteiger partial charge in [0.25, 0.3) is 5.56 Å². The number of hydrogen-bond acceptors (Lipinski definition) is 4. The van der Waals surface area contributed by atoms with Crippen LogP contribution in [0.25, 0.3) is 0 Å². The summed E-state index contributed by atoms with van der Waals surface area (Å²) in [4.78, 5) is 31.7. The van der Waals surface area contributed by atoms with Crippen LogP contribution in [-0.4, -0.2) is 34.1 Å². The highest BCUT2D eigenvalue weighted by molar-refractivity contribution is 5.76. The molecule has 0 saturated carbocycles. The molecule has 1 atom stereocenters. The van der Waals surface area contributed by atoms with Crippen LogP contribution in [0, 0.1) is 12.3 Å². The van der Waals surface area contributed by atoms with Gasteiger partial charge in [0.05, 0.1) is 5.41 Å². The Balaban J connectivity index is 2.25. The van der Waals surface area contributed by atoms with E-state index in [0.29, 0.717) is 37.6 Å². The smallest absolute Gasteiger partial charge is 0.311 e. The predicted molar refractivity (Wildman–Crippen MR) is 71.4 cm³/mol. The standard InChI is InChI=1S/C13H19N3O3/c1-3-4-13(12(18)19)5-6-16(8-13)10-7-11(17)15-9(2)14-10/h7H,3-6,8H2,1-2H3,(H,18,19)(H,14,15,17). The number of carboxylic acid groups (broad SMARTS) is 1. The van der Waals surface area contributed by atoms with E-state index in [0.717, 1.165) is 6.42 Å². The fourth-order valence-electron chi connectivity index (χ4n) is 2.76. The number of aliphatic carboxylic acids is 1. The molecule has 104 valence electrons. The molecule has 0 spiro atoms. The molecule has 2 rings (SSSR count). The average molecular weight is 265 g/mol. The van der Waals surface area contributed by atoms with Crippen molar-refractivity contribution < 1.29 is 9.90 Å². The molecule has 0 radical (unpaired) electrons. The average Bonchev–Trinajstić information content (AvgIpc) is 2.74. The third kappa shape index (κ3) is 2.62. The number of hydrogen-bond donors (Lipinski definition) is 2. The van der Waals surface area contributed by atoms with Gasteiger partial charge in [-0.1, -0.05) is 13.3 Å². The van der Waals surface area contributed by atoms with Gasteiger partial charge in [-0.15, -0.1) is 0 Å². The molecule has 6 nitrogen and oxygen atoms in total. The number of nitrogens with zero attached hydrogens (tertiary/aromatic N) is 2. The highest BCUT2D eigenvalue weighted by Gasteiger charge is 2.44. The fraction of sp³-hybridized carbons (Fsp3) is 0.615. The lowest BCUT2D eigenvalue weighted by Gasteiger charge is -2.24. The lowest BCUT2D eigenvalue weighted by molar-refractivity contribution is -0.148. The van der Waals surface area contributed by atoms with Gasteiger partial charge in [0.15, 0.2) is 0 Å². The van der Waals surface area contributed by atoms with Gasteiger partial charge in [-0.25, -0.2) is 4.98 Å². The third-order valence-electron chi connectivity index (χ3n) is 3.71. The Morgan fingerprint density at radius 2 is 2.37 bits per heavy atom. The summed E-state index contributed by atoms with van der Waals surface area (Å²) in [5, 5.41) is 9.45. The molecule has 6 heteroatoms. The van der Waals surface area contributed by atoms with Crippen molar-refractivity contribution in [3.05, 3.63) is 22.2 Å². The maximum atomic E-state index is 11.5. The molecular formula is C13H19N3O3. The number of anilines is 1. The minimum Gasteiger partial charge on any atom is -0.481 e. The predicted octanol–water partition coefficient (Wildman–Crippen LogP) is 1.16. The molecule has 19 heavy (non-hydrogen) atoms. The van der Waals surface area contributed by atoms with Gasteiger partial charge in [-0.3, -0.25) is 9.59 Å². The molecular weight excluding hydrogens is 246 g/mol. The van der Waals surface area contributed by atoms with E-state index >= 15 is 0 Å². The third-order valence-corrected chi connectivity index (χ3v) is 3.71. The highest BCUT2D eigenvalue weighted by atomic mass is 16.4. The van der Waals surface area contributed by atoms with Gasteiger partial charge < -0.3 is 15.0 Å². The first-order valence-corrected chi connectivity index (χ1v) is 6.53. The van der Waals surface area contributed by atoms with Crippen LogP contribution in [0.1, 0.15) is 32.0 Å². The molecule has 2 heterocycles. The van der Waals surface area contributed by atoms with Crippen molar-refractivity contribution in [1.82, 2.24) is 9.97 Å². The first kappa shape index (κ1) is 13.6. The largest absolute Gasteiger partial charge is 0.481 e. The normalized spacial score (nSPS) is 22.7. The van der Waals surface area contributed by atoms with Crippen molar-refractivity contribution in [2.45, 2.75) is 33.1 Å². The first-order valence-electron chi connectivity index (χ1n) is 6.53. The number of carbonyl (C=O) groups is 1. The van der Waals surface area contributed by atoms with Crippen LogP contribution in [0.2, 0.25) is 0 Å². The summed E-state index contributed by atoms with van der Waals surface area (Å²) >= 11 is 0. The Morgan fingerprint density at radius 1 is 1.63 bits per heavy atom. The minimum absolute atomic E-state index is 0.203. The van der Waals surface area contributed by atoms with Crippen LogP contribution in [0.5, 0.6) is 0 Å². The molecule has 1 aromatic rings. The van der Waals surface area contributed by atoms with Crippen LogP contribution in [0.4, 0.5) is 5.82 Å². The van der Waals surface area contributed by atoms with Crippen LogP contribution in [-0.2, 0) is 4.79 Å². The highest BCUT2D eigenvalue weighted by Crippen LogP contribution is 2.36. The molecule has 2 N–H and O–H groups in total. The lowest BCUT2D eigenvalue weighted by Crippen LogP contribution is -2.35. The summed E-state index contributed by atoms with van der Waals surface area (Å²) in [5.74, 6) is 0.365. The second-order valence-electron chi connectivity index (χ2n) is 5.20. The van der Waals surface area contributed by atoms with Gasteiger partial charge >= 0.3 is 5.97 Å². The number of aromatic nitrogens is 2. The molecule has 1 aromatic heterocycles. The first-order chi connectivity index (χ1) is 8.97. The summed E-state index contributed by atoms with van der Waals surface area (Å²) in [5.41, 5.74) is -0.904. The molecule has 1 saturated heterocycles. The summed E-state index contributed by atoms with van der Waals surface area (Å²) in [6.07, 6.45) is 2.09. The molecule has 0 amide bonds. The maximum Gasteiger partial charge on any atom is 0.311 e. The molecule has 0 aliphatic carbocycles. The SMILES string of the molecule is CCCC1(C(=O)O)CCN(c2cc(=O)[nH]c(C)n2)C1. The zero-order chi connectivity index (χ0) is 14.0. The summed E-state index contributed by atoms with van der Waals surface area (Å²) in [7, 11) is 0. The number of nitrogens with one attached hydrogen (secondary N) is 1. The van der Waals surface area contributed by atoms with Crippen molar-refractivity contribution in [3.63, 3.8) is 0 Å². The van der Waals surface area contributed by atoms with E-state index in [4.69, 9.17) is 0 Å². The maximum absolute atomic E-state index is 11.5. The van der Waals surface area contributed by atoms with E-state index in [1.165, 1.54) is 6.07 Å². The van der Waals surface area contributed by atoms with Crippen molar-refractivity contribution >= 4 is 11.8 Å². The van der Waals surface area contributed by atoms with Gasteiger partial charge in [-0.05, 0) is 19.8 Å². The Bertz CT molecular complexity index is 540. The van der Waals surface area contributed by atoms with Crippen molar-refractivity contribution in [2.75, 3.05) is 18.0 Å². The summed E-state index contributed by atoms with van der Waals surface area (Å²) in [6.45, 7) is 4.76. The second kappa shape index (κ2) is 5.03. The van der Waals surface area contributed by atoms with Gasteiger partial charge in [0.1, 0.15) is 11.6 Å². The van der Waals surface area contributed by atoms with Crippen LogP contribution < -0.4 is 10.5 Å². The minimum atomic E-state index is -0.751. The second-order valence-corrected chi connectivity index (χ2v) is 5.20. The molecule has 0 bridgehead atoms. The van der Waals surface area contributed by atoms with Gasteiger partial charge in [-0.2, -0.15) is 0 Å². The zero-order valence-corrected chi connectivity index (χ0v) is 11.3. The molecule has 1 aliphatic heterocycles. The number of carboxylic acids is 1. The number of H-pyrrole nitrogens is 1. The van der Waals surface area contributed by atoms with E-state index in [-0.39, 0.29) is 5.56 Å². The van der Waals surface area contributed by atoms with E-state index in [1.807, 2.05) is 11.8 Å². The number of rotatable bonds is 4. The van der Waals surface area contributed by atoms with E-state index in [2.05, 4.69) is 9.97 Å². The monoisotopic (exact) mass is 265 g/mol. The van der Waals surface area contributed by atoms with Crippen molar-refractivity contribution in [3.8, 4) is 0 Å².